The number of pyridine rings is 1. The third-order valence-electron chi connectivity index (χ3n) is 5.44. The lowest BCUT2D eigenvalue weighted by Gasteiger charge is -2.32. The lowest BCUT2D eigenvalue weighted by atomic mass is 9.76. The second-order valence-electron chi connectivity index (χ2n) is 7.23. The Labute approximate surface area is 176 Å². The molecule has 2 aromatic heterocycles. The summed E-state index contributed by atoms with van der Waals surface area (Å²) in [7, 11) is 0. The van der Waals surface area contributed by atoms with E-state index in [0.29, 0.717) is 16.9 Å². The number of H-pyrrole nitrogens is 1. The third-order valence-corrected chi connectivity index (χ3v) is 5.44. The maximum atomic E-state index is 13.3. The minimum atomic E-state index is -2.28. The van der Waals surface area contributed by atoms with Crippen LogP contribution < -0.4 is 5.32 Å². The van der Waals surface area contributed by atoms with Gasteiger partial charge in [-0.1, -0.05) is 6.92 Å². The van der Waals surface area contributed by atoms with Crippen molar-refractivity contribution in [2.75, 3.05) is 5.32 Å². The normalized spacial score (nSPS) is 23.1. The molecule has 160 valence electrons. The molecule has 31 heavy (non-hydrogen) atoms. The van der Waals surface area contributed by atoms with Gasteiger partial charge in [-0.15, -0.1) is 0 Å². The van der Waals surface area contributed by atoms with Gasteiger partial charge in [-0.2, -0.15) is 0 Å². The molecule has 8 nitrogen and oxygen atoms in total. The first-order valence-electron chi connectivity index (χ1n) is 9.66. The minimum absolute atomic E-state index is 0.00723. The van der Waals surface area contributed by atoms with E-state index in [1.54, 1.807) is 31.5 Å². The number of halogens is 1. The molecular weight excluding hydrogens is 405 g/mol. The van der Waals surface area contributed by atoms with Crippen LogP contribution in [0.1, 0.15) is 18.9 Å². The Morgan fingerprint density at radius 1 is 1.39 bits per heavy atom. The number of rotatable bonds is 6. The first-order valence-corrected chi connectivity index (χ1v) is 9.66. The van der Waals surface area contributed by atoms with Crippen molar-refractivity contribution in [1.29, 1.82) is 0 Å². The number of carbonyl (C=O) groups excluding carboxylic acids is 1. The highest BCUT2D eigenvalue weighted by Crippen LogP contribution is 2.43. The Bertz CT molecular complexity index is 1170. The van der Waals surface area contributed by atoms with Crippen LogP contribution >= 0.6 is 0 Å². The number of hydrogen-bond acceptors (Lipinski definition) is 6. The molecule has 0 bridgehead atoms. The molecular formula is C22H20FN3O5. The van der Waals surface area contributed by atoms with Crippen LogP contribution in [0.5, 0.6) is 0 Å². The molecule has 1 saturated heterocycles. The SMILES string of the molecule is CCC(O)C1(C(=O)O)C(=O)/C(=C/c2c[nH]c3ncccc23)OC1Nc1ccc(F)cc1. The van der Waals surface area contributed by atoms with E-state index in [1.165, 1.54) is 30.3 Å². The van der Waals surface area contributed by atoms with Gasteiger partial charge in [-0.05, 0) is 48.9 Å². The molecule has 0 spiro atoms. The molecule has 0 aliphatic carbocycles. The first-order chi connectivity index (χ1) is 14.9. The van der Waals surface area contributed by atoms with Gasteiger partial charge in [0.1, 0.15) is 11.5 Å². The van der Waals surface area contributed by atoms with Gasteiger partial charge < -0.3 is 25.3 Å². The molecule has 3 atom stereocenters. The fraction of sp³-hybridized carbons (Fsp3) is 0.227. The molecule has 3 unspecified atom stereocenters. The molecule has 1 aliphatic heterocycles. The van der Waals surface area contributed by atoms with Crippen LogP contribution in [-0.4, -0.2) is 44.3 Å². The number of allylic oxidation sites excluding steroid dienone is 1. The summed E-state index contributed by atoms with van der Waals surface area (Å²) >= 11 is 0. The standard InChI is InChI=1S/C22H20FN3O5/c1-2-17(27)22(21(29)30)18(28)16(10-12-11-25-19-15(12)4-3-9-24-19)31-20(22)26-14-7-5-13(23)6-8-14/h3-11,17,20,26-27H,2H2,1H3,(H,24,25)(H,29,30)/b16-10-. The quantitative estimate of drug-likeness (QED) is 0.354. The van der Waals surface area contributed by atoms with Crippen molar-refractivity contribution < 1.29 is 28.9 Å². The number of Topliss-reactive ketones (excluding diaryl/α,β-unsaturated/α-hetero) is 1. The Morgan fingerprint density at radius 2 is 2.13 bits per heavy atom. The van der Waals surface area contributed by atoms with Crippen molar-refractivity contribution in [3.05, 3.63) is 65.9 Å². The van der Waals surface area contributed by atoms with Crippen LogP contribution in [0.25, 0.3) is 17.1 Å². The topological polar surface area (TPSA) is 125 Å². The minimum Gasteiger partial charge on any atom is -0.480 e. The number of fused-ring (bicyclic) bond motifs is 1. The zero-order valence-electron chi connectivity index (χ0n) is 16.5. The zero-order valence-corrected chi connectivity index (χ0v) is 16.5. The van der Waals surface area contributed by atoms with E-state index in [2.05, 4.69) is 15.3 Å². The van der Waals surface area contributed by atoms with Gasteiger partial charge in [0.2, 0.25) is 11.2 Å². The molecule has 0 saturated carbocycles. The molecule has 4 rings (SSSR count). The highest BCUT2D eigenvalue weighted by Gasteiger charge is 2.65. The first kappa shape index (κ1) is 20.5. The second-order valence-corrected chi connectivity index (χ2v) is 7.23. The largest absolute Gasteiger partial charge is 0.480 e. The van der Waals surface area contributed by atoms with Crippen LogP contribution in [0.3, 0.4) is 0 Å². The van der Waals surface area contributed by atoms with E-state index in [1.807, 2.05) is 0 Å². The number of hydrogen-bond donors (Lipinski definition) is 4. The second kappa shape index (κ2) is 7.84. The summed E-state index contributed by atoms with van der Waals surface area (Å²) in [6.07, 6.45) is 1.74. The number of benzene rings is 1. The number of nitrogens with zero attached hydrogens (tertiary/aromatic N) is 1. The van der Waals surface area contributed by atoms with Crippen LogP contribution in [-0.2, 0) is 14.3 Å². The third kappa shape index (κ3) is 3.32. The highest BCUT2D eigenvalue weighted by atomic mass is 19.1. The predicted octanol–water partition coefficient (Wildman–Crippen LogP) is 2.92. The number of aromatic nitrogens is 2. The Kier molecular flexibility index (Phi) is 5.20. The van der Waals surface area contributed by atoms with E-state index < -0.39 is 35.3 Å². The molecule has 0 radical (unpaired) electrons. The number of aromatic amines is 1. The number of carboxylic acids is 1. The van der Waals surface area contributed by atoms with Crippen LogP contribution in [0.15, 0.2) is 54.6 Å². The van der Waals surface area contributed by atoms with E-state index in [0.717, 1.165) is 5.39 Å². The van der Waals surface area contributed by atoms with E-state index >= 15 is 0 Å². The van der Waals surface area contributed by atoms with Crippen molar-refractivity contribution in [3.8, 4) is 0 Å². The fourth-order valence-electron chi connectivity index (χ4n) is 3.77. The van der Waals surface area contributed by atoms with Crippen molar-refractivity contribution in [2.45, 2.75) is 25.7 Å². The smallest absolute Gasteiger partial charge is 0.326 e. The van der Waals surface area contributed by atoms with Gasteiger partial charge in [-0.25, -0.2) is 9.37 Å². The maximum Gasteiger partial charge on any atom is 0.326 e. The molecule has 0 amide bonds. The number of ketones is 1. The summed E-state index contributed by atoms with van der Waals surface area (Å²) in [5, 5.41) is 24.2. The number of aliphatic carboxylic acids is 1. The van der Waals surface area contributed by atoms with E-state index in [4.69, 9.17) is 4.74 Å². The summed E-state index contributed by atoms with van der Waals surface area (Å²) in [6, 6.07) is 8.68. The number of aliphatic hydroxyl groups excluding tert-OH is 1. The van der Waals surface area contributed by atoms with Gasteiger partial charge in [0.25, 0.3) is 0 Å². The predicted molar refractivity (Wildman–Crippen MR) is 110 cm³/mol. The lowest BCUT2D eigenvalue weighted by molar-refractivity contribution is -0.164. The van der Waals surface area contributed by atoms with E-state index in [9.17, 15) is 24.2 Å². The summed E-state index contributed by atoms with van der Waals surface area (Å²) in [4.78, 5) is 32.8. The Morgan fingerprint density at radius 3 is 2.81 bits per heavy atom. The summed E-state index contributed by atoms with van der Waals surface area (Å²) in [5.41, 5.74) is -0.761. The monoisotopic (exact) mass is 425 g/mol. The average Bonchev–Trinajstić information content (AvgIpc) is 3.29. The molecule has 3 aromatic rings. The average molecular weight is 425 g/mol. The van der Waals surface area contributed by atoms with Crippen LogP contribution in [0, 0.1) is 11.2 Å². The van der Waals surface area contributed by atoms with E-state index in [-0.39, 0.29) is 12.2 Å². The van der Waals surface area contributed by atoms with Crippen LogP contribution in [0.2, 0.25) is 0 Å². The molecule has 1 aromatic carbocycles. The Balaban J connectivity index is 1.79. The summed E-state index contributed by atoms with van der Waals surface area (Å²) < 4.78 is 19.0. The fourth-order valence-corrected chi connectivity index (χ4v) is 3.77. The van der Waals surface area contributed by atoms with Crippen molar-refractivity contribution in [3.63, 3.8) is 0 Å². The summed E-state index contributed by atoms with van der Waals surface area (Å²) in [5.74, 6) is -3.05. The van der Waals surface area contributed by atoms with Gasteiger partial charge in [0.15, 0.2) is 12.0 Å². The Hall–Kier alpha value is -3.72. The lowest BCUT2D eigenvalue weighted by Crippen LogP contribution is -2.55. The highest BCUT2D eigenvalue weighted by molar-refractivity contribution is 6.16. The zero-order chi connectivity index (χ0) is 22.2. The van der Waals surface area contributed by atoms with Crippen molar-refractivity contribution in [1.82, 2.24) is 9.97 Å². The number of aliphatic hydroxyl groups is 1. The van der Waals surface area contributed by atoms with Crippen LogP contribution in [0.4, 0.5) is 10.1 Å². The number of carboxylic acid groups (broad SMARTS) is 1. The number of anilines is 1. The van der Waals surface area contributed by atoms with Gasteiger partial charge in [0.05, 0.1) is 6.10 Å². The maximum absolute atomic E-state index is 13.3. The number of ether oxygens (including phenoxy) is 1. The summed E-state index contributed by atoms with van der Waals surface area (Å²) in [6.45, 7) is 1.57. The van der Waals surface area contributed by atoms with Gasteiger partial charge >= 0.3 is 5.97 Å². The van der Waals surface area contributed by atoms with Gasteiger partial charge in [-0.3, -0.25) is 9.59 Å². The molecule has 4 N–H and O–H groups in total. The molecule has 3 heterocycles. The van der Waals surface area contributed by atoms with Gasteiger partial charge in [0, 0.05) is 29.0 Å². The van der Waals surface area contributed by atoms with Crippen molar-refractivity contribution >= 4 is 34.5 Å². The molecule has 1 fully saturated rings. The molecule has 1 aliphatic rings. The number of carbonyl (C=O) groups is 2. The van der Waals surface area contributed by atoms with Crippen molar-refractivity contribution in [2.24, 2.45) is 5.41 Å². The molecule has 9 heteroatoms. The number of nitrogens with one attached hydrogen (secondary N) is 2.